The highest BCUT2D eigenvalue weighted by Crippen LogP contribution is 2.33. The summed E-state index contributed by atoms with van der Waals surface area (Å²) in [6, 6.07) is 11.2. The number of nitrogens with one attached hydrogen (secondary N) is 1. The van der Waals surface area contributed by atoms with E-state index in [1.54, 1.807) is 18.5 Å². The summed E-state index contributed by atoms with van der Waals surface area (Å²) in [6.45, 7) is 4.06. The molecule has 0 radical (unpaired) electrons. The topological polar surface area (TPSA) is 42.0 Å². The van der Waals surface area contributed by atoms with Crippen LogP contribution >= 0.6 is 11.6 Å². The standard InChI is InChI=1S/C17H19ClN2O/c1-3-17(4-2,13-7-9-14(18)10-8-13)16(21)20-15-6-5-11-19-12-15/h5-12H,3-4H2,1-2H3,(H,20,21). The Morgan fingerprint density at radius 2 is 1.86 bits per heavy atom. The second-order valence-electron chi connectivity index (χ2n) is 4.99. The molecule has 0 atom stereocenters. The maximum absolute atomic E-state index is 12.8. The van der Waals surface area contributed by atoms with E-state index < -0.39 is 5.41 Å². The van der Waals surface area contributed by atoms with Gasteiger partial charge in [-0.3, -0.25) is 9.78 Å². The van der Waals surface area contributed by atoms with Gasteiger partial charge in [0.25, 0.3) is 0 Å². The normalized spacial score (nSPS) is 11.2. The molecule has 0 unspecified atom stereocenters. The molecule has 0 saturated heterocycles. The summed E-state index contributed by atoms with van der Waals surface area (Å²) in [5, 5.41) is 3.64. The lowest BCUT2D eigenvalue weighted by atomic mass is 9.75. The number of nitrogens with zero attached hydrogens (tertiary/aromatic N) is 1. The second-order valence-corrected chi connectivity index (χ2v) is 5.43. The van der Waals surface area contributed by atoms with Crippen LogP contribution in [0.15, 0.2) is 48.8 Å². The molecule has 0 spiro atoms. The third-order valence-electron chi connectivity index (χ3n) is 3.96. The van der Waals surface area contributed by atoms with Gasteiger partial charge in [0, 0.05) is 11.2 Å². The van der Waals surface area contributed by atoms with Crippen LogP contribution in [-0.2, 0) is 10.2 Å². The zero-order valence-electron chi connectivity index (χ0n) is 12.3. The molecule has 3 nitrogen and oxygen atoms in total. The van der Waals surface area contributed by atoms with Crippen LogP contribution in [0.2, 0.25) is 5.02 Å². The first-order valence-corrected chi connectivity index (χ1v) is 7.47. The largest absolute Gasteiger partial charge is 0.324 e. The number of amides is 1. The maximum atomic E-state index is 12.8. The van der Waals surface area contributed by atoms with E-state index in [4.69, 9.17) is 11.6 Å². The molecular weight excluding hydrogens is 284 g/mol. The second kappa shape index (κ2) is 6.72. The maximum Gasteiger partial charge on any atom is 0.235 e. The Balaban J connectivity index is 2.33. The number of rotatable bonds is 5. The number of carbonyl (C=O) groups is 1. The molecule has 1 aromatic carbocycles. The van der Waals surface area contributed by atoms with Crippen LogP contribution in [-0.4, -0.2) is 10.9 Å². The van der Waals surface area contributed by atoms with Crippen molar-refractivity contribution in [2.45, 2.75) is 32.1 Å². The lowest BCUT2D eigenvalue weighted by Gasteiger charge is -2.31. The Bertz CT molecular complexity index is 592. The molecule has 1 amide bonds. The van der Waals surface area contributed by atoms with Crippen molar-refractivity contribution in [1.29, 1.82) is 0 Å². The summed E-state index contributed by atoms with van der Waals surface area (Å²) in [5.41, 5.74) is 1.14. The van der Waals surface area contributed by atoms with Crippen molar-refractivity contribution in [3.05, 3.63) is 59.4 Å². The molecule has 21 heavy (non-hydrogen) atoms. The number of benzene rings is 1. The Morgan fingerprint density at radius 3 is 2.38 bits per heavy atom. The van der Waals surface area contributed by atoms with Crippen LogP contribution in [0.4, 0.5) is 5.69 Å². The smallest absolute Gasteiger partial charge is 0.235 e. The first kappa shape index (κ1) is 15.5. The van der Waals surface area contributed by atoms with E-state index in [0.717, 1.165) is 18.4 Å². The van der Waals surface area contributed by atoms with Crippen molar-refractivity contribution in [3.63, 3.8) is 0 Å². The molecule has 0 aliphatic heterocycles. The Hall–Kier alpha value is -1.87. The number of hydrogen-bond donors (Lipinski definition) is 1. The van der Waals surface area contributed by atoms with Gasteiger partial charge in [-0.25, -0.2) is 0 Å². The van der Waals surface area contributed by atoms with Crippen molar-refractivity contribution >= 4 is 23.2 Å². The SMILES string of the molecule is CCC(CC)(C(=O)Nc1cccnc1)c1ccc(Cl)cc1. The molecule has 1 aromatic heterocycles. The predicted molar refractivity (Wildman–Crippen MR) is 86.6 cm³/mol. The van der Waals surface area contributed by atoms with Gasteiger partial charge in [-0.05, 0) is 42.7 Å². The minimum Gasteiger partial charge on any atom is -0.324 e. The van der Waals surface area contributed by atoms with E-state index in [1.807, 2.05) is 44.2 Å². The first-order valence-electron chi connectivity index (χ1n) is 7.10. The van der Waals surface area contributed by atoms with Gasteiger partial charge < -0.3 is 5.32 Å². The van der Waals surface area contributed by atoms with Crippen LogP contribution in [0.25, 0.3) is 0 Å². The van der Waals surface area contributed by atoms with Gasteiger partial charge in [-0.2, -0.15) is 0 Å². The minimum atomic E-state index is -0.555. The van der Waals surface area contributed by atoms with Crippen molar-refractivity contribution in [2.75, 3.05) is 5.32 Å². The molecule has 4 heteroatoms. The Labute approximate surface area is 130 Å². The average Bonchev–Trinajstić information content (AvgIpc) is 2.52. The molecule has 0 saturated carbocycles. The monoisotopic (exact) mass is 302 g/mol. The van der Waals surface area contributed by atoms with Crippen LogP contribution in [0.3, 0.4) is 0 Å². The third kappa shape index (κ3) is 3.24. The molecule has 1 heterocycles. The number of anilines is 1. The van der Waals surface area contributed by atoms with Crippen LogP contribution in [0, 0.1) is 0 Å². The molecular formula is C17H19ClN2O. The highest BCUT2D eigenvalue weighted by atomic mass is 35.5. The van der Waals surface area contributed by atoms with Crippen LogP contribution < -0.4 is 5.32 Å². The fourth-order valence-corrected chi connectivity index (χ4v) is 2.69. The van der Waals surface area contributed by atoms with Gasteiger partial charge in [0.05, 0.1) is 17.3 Å². The summed E-state index contributed by atoms with van der Waals surface area (Å²) in [4.78, 5) is 16.8. The Kier molecular flexibility index (Phi) is 4.97. The lowest BCUT2D eigenvalue weighted by molar-refractivity contribution is -0.121. The van der Waals surface area contributed by atoms with E-state index >= 15 is 0 Å². The molecule has 0 bridgehead atoms. The van der Waals surface area contributed by atoms with Gasteiger partial charge in [-0.15, -0.1) is 0 Å². The molecule has 0 fully saturated rings. The number of halogens is 1. The van der Waals surface area contributed by atoms with E-state index in [2.05, 4.69) is 10.3 Å². The number of carbonyl (C=O) groups excluding carboxylic acids is 1. The van der Waals surface area contributed by atoms with E-state index in [0.29, 0.717) is 10.7 Å². The summed E-state index contributed by atoms with van der Waals surface area (Å²) in [6.07, 6.45) is 4.77. The summed E-state index contributed by atoms with van der Waals surface area (Å²) >= 11 is 5.95. The zero-order chi connectivity index (χ0) is 15.3. The van der Waals surface area contributed by atoms with Crippen molar-refractivity contribution in [2.24, 2.45) is 0 Å². The predicted octanol–water partition coefficient (Wildman–Crippen LogP) is 4.43. The molecule has 110 valence electrons. The van der Waals surface area contributed by atoms with Crippen molar-refractivity contribution in [1.82, 2.24) is 4.98 Å². The van der Waals surface area contributed by atoms with Crippen molar-refractivity contribution in [3.8, 4) is 0 Å². The number of aromatic nitrogens is 1. The highest BCUT2D eigenvalue weighted by Gasteiger charge is 2.36. The highest BCUT2D eigenvalue weighted by molar-refractivity contribution is 6.30. The van der Waals surface area contributed by atoms with Gasteiger partial charge in [0.2, 0.25) is 5.91 Å². The molecule has 2 rings (SSSR count). The lowest BCUT2D eigenvalue weighted by Crippen LogP contribution is -2.39. The molecule has 0 aliphatic carbocycles. The van der Waals surface area contributed by atoms with Gasteiger partial charge >= 0.3 is 0 Å². The fourth-order valence-electron chi connectivity index (χ4n) is 2.57. The summed E-state index contributed by atoms with van der Waals surface area (Å²) in [5.74, 6) is -0.0113. The van der Waals surface area contributed by atoms with E-state index in [9.17, 15) is 4.79 Å². The Morgan fingerprint density at radius 1 is 1.19 bits per heavy atom. The molecule has 0 aliphatic rings. The number of pyridine rings is 1. The third-order valence-corrected chi connectivity index (χ3v) is 4.21. The average molecular weight is 303 g/mol. The van der Waals surface area contributed by atoms with E-state index in [1.165, 1.54) is 0 Å². The summed E-state index contributed by atoms with van der Waals surface area (Å²) in [7, 11) is 0. The van der Waals surface area contributed by atoms with Crippen LogP contribution in [0.5, 0.6) is 0 Å². The molecule has 1 N–H and O–H groups in total. The van der Waals surface area contributed by atoms with Gasteiger partial charge in [0.1, 0.15) is 0 Å². The molecule has 2 aromatic rings. The quantitative estimate of drug-likeness (QED) is 0.887. The first-order chi connectivity index (χ1) is 10.1. The van der Waals surface area contributed by atoms with Gasteiger partial charge in [-0.1, -0.05) is 37.6 Å². The minimum absolute atomic E-state index is 0.0113. The number of hydrogen-bond acceptors (Lipinski definition) is 2. The summed E-state index contributed by atoms with van der Waals surface area (Å²) < 4.78 is 0. The van der Waals surface area contributed by atoms with E-state index in [-0.39, 0.29) is 5.91 Å². The van der Waals surface area contributed by atoms with Crippen molar-refractivity contribution < 1.29 is 4.79 Å². The zero-order valence-corrected chi connectivity index (χ0v) is 13.0. The fraction of sp³-hybridized carbons (Fsp3) is 0.294. The van der Waals surface area contributed by atoms with Gasteiger partial charge in [0.15, 0.2) is 0 Å². The van der Waals surface area contributed by atoms with Crippen LogP contribution in [0.1, 0.15) is 32.3 Å².